The van der Waals surface area contributed by atoms with Crippen molar-refractivity contribution in [2.45, 2.75) is 13.5 Å². The third kappa shape index (κ3) is 4.12. The molecule has 0 aliphatic heterocycles. The lowest BCUT2D eigenvalue weighted by Gasteiger charge is -2.21. The van der Waals surface area contributed by atoms with Gasteiger partial charge < -0.3 is 15.0 Å². The fourth-order valence-electron chi connectivity index (χ4n) is 1.41. The van der Waals surface area contributed by atoms with Gasteiger partial charge in [0.05, 0.1) is 6.54 Å². The van der Waals surface area contributed by atoms with Crippen LogP contribution in [0.25, 0.3) is 0 Å². The largest absolute Gasteiger partial charge is 0.377 e. The molecule has 0 aromatic carbocycles. The maximum atomic E-state index is 11.4. The Kier molecular flexibility index (Phi) is 5.80. The number of methoxy groups -OCH3 is 1. The van der Waals surface area contributed by atoms with E-state index in [2.05, 4.69) is 15.3 Å². The van der Waals surface area contributed by atoms with Gasteiger partial charge in [0.1, 0.15) is 17.6 Å². The number of nitrogens with one attached hydrogen (secondary N) is 1. The van der Waals surface area contributed by atoms with Gasteiger partial charge in [-0.05, 0) is 6.92 Å². The number of hydrogen-bond donors (Lipinski definition) is 1. The van der Waals surface area contributed by atoms with Crippen LogP contribution in [0.4, 0.5) is 5.82 Å². The Bertz CT molecular complexity index is 414. The lowest BCUT2D eigenvalue weighted by molar-refractivity contribution is -0.119. The molecular formula is C11H17ClN4O2. The van der Waals surface area contributed by atoms with Crippen LogP contribution in [0.15, 0.2) is 6.07 Å². The highest BCUT2D eigenvalue weighted by Crippen LogP contribution is 2.16. The van der Waals surface area contributed by atoms with Crippen molar-refractivity contribution in [3.8, 4) is 0 Å². The van der Waals surface area contributed by atoms with Crippen molar-refractivity contribution in [2.24, 2.45) is 0 Å². The van der Waals surface area contributed by atoms with Crippen LogP contribution in [0, 0.1) is 0 Å². The molecule has 1 amide bonds. The van der Waals surface area contributed by atoms with Crippen LogP contribution in [0.3, 0.4) is 0 Å². The maximum Gasteiger partial charge on any atom is 0.239 e. The average molecular weight is 273 g/mol. The summed E-state index contributed by atoms with van der Waals surface area (Å²) in [5.74, 6) is 1.03. The topological polar surface area (TPSA) is 67.4 Å². The number of hydrogen-bond acceptors (Lipinski definition) is 5. The molecule has 1 aromatic heterocycles. The molecule has 0 saturated heterocycles. The summed E-state index contributed by atoms with van der Waals surface area (Å²) in [5.41, 5.74) is 0. The summed E-state index contributed by atoms with van der Waals surface area (Å²) in [4.78, 5) is 21.6. The van der Waals surface area contributed by atoms with Crippen LogP contribution in [-0.2, 0) is 16.1 Å². The normalized spacial score (nSPS) is 10.2. The molecule has 0 saturated carbocycles. The number of carbonyl (C=O) groups is 1. The van der Waals surface area contributed by atoms with E-state index in [0.717, 1.165) is 0 Å². The van der Waals surface area contributed by atoms with Crippen LogP contribution in [0.2, 0.25) is 5.15 Å². The smallest absolute Gasteiger partial charge is 0.239 e. The number of aromatic nitrogens is 2. The second-order valence-electron chi connectivity index (χ2n) is 3.59. The zero-order valence-corrected chi connectivity index (χ0v) is 11.5. The number of nitrogens with zero attached hydrogens (tertiary/aromatic N) is 3. The van der Waals surface area contributed by atoms with Gasteiger partial charge in [0.2, 0.25) is 5.91 Å². The Hall–Kier alpha value is -1.40. The van der Waals surface area contributed by atoms with Crippen LogP contribution in [-0.4, -0.2) is 43.1 Å². The molecule has 1 rings (SSSR count). The van der Waals surface area contributed by atoms with E-state index in [-0.39, 0.29) is 19.1 Å². The van der Waals surface area contributed by atoms with E-state index in [9.17, 15) is 4.79 Å². The molecule has 0 bridgehead atoms. The standard InChI is InChI=1S/C11H17ClN4O2/c1-4-16(6-11(17)13-2)10-5-8(12)14-9(15-10)7-18-3/h5H,4,6-7H2,1-3H3,(H,13,17). The van der Waals surface area contributed by atoms with Gasteiger partial charge in [0, 0.05) is 26.8 Å². The highest BCUT2D eigenvalue weighted by Gasteiger charge is 2.12. The number of anilines is 1. The number of likely N-dealkylation sites (N-methyl/N-ethyl adjacent to an activating group) is 2. The van der Waals surface area contributed by atoms with Crippen LogP contribution in [0.1, 0.15) is 12.7 Å². The van der Waals surface area contributed by atoms with Gasteiger partial charge >= 0.3 is 0 Å². The fraction of sp³-hybridized carbons (Fsp3) is 0.545. The summed E-state index contributed by atoms with van der Waals surface area (Å²) >= 11 is 5.92. The zero-order chi connectivity index (χ0) is 13.5. The summed E-state index contributed by atoms with van der Waals surface area (Å²) in [6, 6.07) is 1.63. The first-order chi connectivity index (χ1) is 8.60. The zero-order valence-electron chi connectivity index (χ0n) is 10.7. The number of rotatable bonds is 6. The average Bonchev–Trinajstić information content (AvgIpc) is 2.35. The third-order valence-electron chi connectivity index (χ3n) is 2.32. The van der Waals surface area contributed by atoms with Crippen LogP contribution < -0.4 is 10.2 Å². The molecule has 1 heterocycles. The maximum absolute atomic E-state index is 11.4. The number of carbonyl (C=O) groups excluding carboxylic acids is 1. The van der Waals surface area contributed by atoms with E-state index in [4.69, 9.17) is 16.3 Å². The minimum atomic E-state index is -0.0834. The summed E-state index contributed by atoms with van der Waals surface area (Å²) in [5, 5.41) is 2.91. The molecule has 0 radical (unpaired) electrons. The first kappa shape index (κ1) is 14.7. The van der Waals surface area contributed by atoms with Crippen LogP contribution >= 0.6 is 11.6 Å². The molecule has 1 aromatic rings. The van der Waals surface area contributed by atoms with Gasteiger partial charge in [0.25, 0.3) is 0 Å². The van der Waals surface area contributed by atoms with Crippen molar-refractivity contribution in [3.63, 3.8) is 0 Å². The quantitative estimate of drug-likeness (QED) is 0.778. The molecule has 7 heteroatoms. The van der Waals surface area contributed by atoms with Crippen molar-refractivity contribution < 1.29 is 9.53 Å². The van der Waals surface area contributed by atoms with Gasteiger partial charge in [0.15, 0.2) is 5.82 Å². The molecule has 0 aliphatic rings. The first-order valence-electron chi connectivity index (χ1n) is 5.58. The Morgan fingerprint density at radius 2 is 2.28 bits per heavy atom. The van der Waals surface area contributed by atoms with E-state index < -0.39 is 0 Å². The second kappa shape index (κ2) is 7.13. The van der Waals surface area contributed by atoms with Gasteiger partial charge in [-0.2, -0.15) is 0 Å². The number of amides is 1. The minimum absolute atomic E-state index is 0.0834. The van der Waals surface area contributed by atoms with Crippen molar-refractivity contribution in [1.82, 2.24) is 15.3 Å². The molecule has 18 heavy (non-hydrogen) atoms. The Morgan fingerprint density at radius 1 is 1.56 bits per heavy atom. The monoisotopic (exact) mass is 272 g/mol. The number of ether oxygens (including phenoxy) is 1. The third-order valence-corrected chi connectivity index (χ3v) is 2.51. The molecule has 6 nitrogen and oxygen atoms in total. The van der Waals surface area contributed by atoms with E-state index in [1.54, 1.807) is 20.2 Å². The lowest BCUT2D eigenvalue weighted by Crippen LogP contribution is -2.36. The molecule has 0 spiro atoms. The summed E-state index contributed by atoms with van der Waals surface area (Å²) in [6.07, 6.45) is 0. The Morgan fingerprint density at radius 3 is 2.83 bits per heavy atom. The van der Waals surface area contributed by atoms with E-state index in [0.29, 0.717) is 23.3 Å². The summed E-state index contributed by atoms with van der Waals surface area (Å²) < 4.78 is 4.97. The van der Waals surface area contributed by atoms with E-state index >= 15 is 0 Å². The molecule has 0 fully saturated rings. The highest BCUT2D eigenvalue weighted by molar-refractivity contribution is 6.29. The van der Waals surface area contributed by atoms with Gasteiger partial charge in [-0.3, -0.25) is 4.79 Å². The molecule has 0 unspecified atom stereocenters. The van der Waals surface area contributed by atoms with Gasteiger partial charge in [-0.1, -0.05) is 11.6 Å². The molecule has 0 atom stereocenters. The summed E-state index contributed by atoms with van der Waals surface area (Å²) in [7, 11) is 3.16. The van der Waals surface area contributed by atoms with Crippen LogP contribution in [0.5, 0.6) is 0 Å². The van der Waals surface area contributed by atoms with Gasteiger partial charge in [-0.25, -0.2) is 9.97 Å². The first-order valence-corrected chi connectivity index (χ1v) is 5.96. The Labute approximate surface area is 111 Å². The second-order valence-corrected chi connectivity index (χ2v) is 3.97. The predicted molar refractivity (Wildman–Crippen MR) is 69.7 cm³/mol. The van der Waals surface area contributed by atoms with Crippen molar-refractivity contribution in [1.29, 1.82) is 0 Å². The predicted octanol–water partition coefficient (Wildman–Crippen LogP) is 0.849. The van der Waals surface area contributed by atoms with E-state index in [1.165, 1.54) is 0 Å². The molecule has 1 N–H and O–H groups in total. The van der Waals surface area contributed by atoms with Crippen molar-refractivity contribution >= 4 is 23.3 Å². The summed E-state index contributed by atoms with van der Waals surface area (Å²) in [6.45, 7) is 3.10. The van der Waals surface area contributed by atoms with Gasteiger partial charge in [-0.15, -0.1) is 0 Å². The molecular weight excluding hydrogens is 256 g/mol. The number of halogens is 1. The SMILES string of the molecule is CCN(CC(=O)NC)c1cc(Cl)nc(COC)n1. The molecule has 0 aliphatic carbocycles. The van der Waals surface area contributed by atoms with E-state index in [1.807, 2.05) is 11.8 Å². The minimum Gasteiger partial charge on any atom is -0.377 e. The lowest BCUT2D eigenvalue weighted by atomic mass is 10.4. The highest BCUT2D eigenvalue weighted by atomic mass is 35.5. The Balaban J connectivity index is 2.93. The van der Waals surface area contributed by atoms with Crippen molar-refractivity contribution in [3.05, 3.63) is 17.0 Å². The fourth-order valence-corrected chi connectivity index (χ4v) is 1.61. The molecule has 100 valence electrons. The van der Waals surface area contributed by atoms with Crippen molar-refractivity contribution in [2.75, 3.05) is 32.1 Å².